The molecule has 0 spiro atoms. The molecule has 2 rings (SSSR count). The predicted octanol–water partition coefficient (Wildman–Crippen LogP) is 4.51. The third-order valence-corrected chi connectivity index (χ3v) is 6.23. The molecule has 0 saturated heterocycles. The van der Waals surface area contributed by atoms with Gasteiger partial charge in [0.2, 0.25) is 0 Å². The molecule has 1 aromatic carbocycles. The molecule has 0 amide bonds. The van der Waals surface area contributed by atoms with Gasteiger partial charge in [0.05, 0.1) is 6.42 Å². The van der Waals surface area contributed by atoms with Crippen molar-refractivity contribution in [2.24, 2.45) is 0 Å². The average Bonchev–Trinajstić information content (AvgIpc) is 2.63. The first-order valence-electron chi connectivity index (χ1n) is 9.30. The number of hydrogen-bond donors (Lipinski definition) is 0. The quantitative estimate of drug-likeness (QED) is 0.614. The molecule has 1 aliphatic carbocycles. The second kappa shape index (κ2) is 10.8. The molecule has 0 bridgehead atoms. The van der Waals surface area contributed by atoms with Crippen LogP contribution in [-0.4, -0.2) is 41.9 Å². The molecule has 0 aromatic heterocycles. The first kappa shape index (κ1) is 19.3. The van der Waals surface area contributed by atoms with Gasteiger partial charge < -0.3 is 9.64 Å². The van der Waals surface area contributed by atoms with Crippen molar-refractivity contribution in [2.75, 3.05) is 19.6 Å². The summed E-state index contributed by atoms with van der Waals surface area (Å²) in [5.41, 5.74) is 1.35. The summed E-state index contributed by atoms with van der Waals surface area (Å²) in [7, 11) is 0. The maximum absolute atomic E-state index is 12.2. The van der Waals surface area contributed by atoms with Crippen molar-refractivity contribution in [3.63, 3.8) is 0 Å². The average molecular weight is 350 g/mol. The van der Waals surface area contributed by atoms with Gasteiger partial charge in [0, 0.05) is 17.5 Å². The molecule has 3 nitrogen and oxygen atoms in total. The fourth-order valence-corrected chi connectivity index (χ4v) is 4.52. The maximum atomic E-state index is 12.2. The molecule has 1 aromatic rings. The molecule has 1 fully saturated rings. The van der Waals surface area contributed by atoms with E-state index in [9.17, 15) is 4.79 Å². The van der Waals surface area contributed by atoms with Gasteiger partial charge in [0.15, 0.2) is 0 Å². The molecule has 0 heterocycles. The number of carbonyl (C=O) groups is 1. The van der Waals surface area contributed by atoms with Crippen LogP contribution in [0.5, 0.6) is 0 Å². The van der Waals surface area contributed by atoms with Crippen molar-refractivity contribution in [2.45, 2.75) is 63.1 Å². The summed E-state index contributed by atoms with van der Waals surface area (Å²) in [6, 6.07) is 10.6. The monoisotopic (exact) mass is 349 g/mol. The molecule has 0 N–H and O–H groups in total. The minimum Gasteiger partial charge on any atom is -0.461 e. The van der Waals surface area contributed by atoms with Crippen molar-refractivity contribution >= 4 is 17.7 Å². The van der Waals surface area contributed by atoms with Crippen molar-refractivity contribution in [1.29, 1.82) is 0 Å². The Kier molecular flexibility index (Phi) is 8.68. The van der Waals surface area contributed by atoms with Crippen LogP contribution in [0.25, 0.3) is 0 Å². The molecule has 0 radical (unpaired) electrons. The van der Waals surface area contributed by atoms with Gasteiger partial charge in [-0.25, -0.2) is 0 Å². The van der Waals surface area contributed by atoms with E-state index in [1.54, 1.807) is 0 Å². The topological polar surface area (TPSA) is 29.5 Å². The van der Waals surface area contributed by atoms with E-state index in [0.29, 0.717) is 11.7 Å². The van der Waals surface area contributed by atoms with E-state index < -0.39 is 0 Å². The highest BCUT2D eigenvalue weighted by atomic mass is 32.2. The molecule has 24 heavy (non-hydrogen) atoms. The van der Waals surface area contributed by atoms with Gasteiger partial charge in [-0.2, -0.15) is 0 Å². The van der Waals surface area contributed by atoms with Crippen LogP contribution in [0.2, 0.25) is 0 Å². The number of ether oxygens (including phenoxy) is 1. The number of carbonyl (C=O) groups excluding carboxylic acids is 1. The molecule has 0 aliphatic heterocycles. The number of rotatable bonds is 9. The second-order valence-electron chi connectivity index (χ2n) is 6.42. The molecule has 2 unspecified atom stereocenters. The van der Waals surface area contributed by atoms with Gasteiger partial charge in [-0.1, -0.05) is 50.6 Å². The number of benzene rings is 1. The van der Waals surface area contributed by atoms with Gasteiger partial charge in [0.25, 0.3) is 0 Å². The van der Waals surface area contributed by atoms with Crippen LogP contribution in [0.3, 0.4) is 0 Å². The lowest BCUT2D eigenvalue weighted by Crippen LogP contribution is -2.34. The molecule has 4 heteroatoms. The summed E-state index contributed by atoms with van der Waals surface area (Å²) in [6.07, 6.45) is 5.20. The van der Waals surface area contributed by atoms with Crippen LogP contribution < -0.4 is 0 Å². The van der Waals surface area contributed by atoms with Gasteiger partial charge in [-0.05, 0) is 37.9 Å². The van der Waals surface area contributed by atoms with Crippen LogP contribution in [0.15, 0.2) is 30.3 Å². The molecule has 1 aliphatic rings. The van der Waals surface area contributed by atoms with E-state index in [1.807, 2.05) is 11.8 Å². The normalized spacial score (nSPS) is 21.0. The van der Waals surface area contributed by atoms with E-state index in [1.165, 1.54) is 18.4 Å². The fourth-order valence-electron chi connectivity index (χ4n) is 3.18. The number of hydrogen-bond acceptors (Lipinski definition) is 4. The highest BCUT2D eigenvalue weighted by molar-refractivity contribution is 7.99. The lowest BCUT2D eigenvalue weighted by Gasteiger charge is -2.31. The Balaban J connectivity index is 1.79. The summed E-state index contributed by atoms with van der Waals surface area (Å²) in [5.74, 6) is 0.970. The van der Waals surface area contributed by atoms with E-state index >= 15 is 0 Å². The Labute approximate surface area is 151 Å². The first-order chi connectivity index (χ1) is 11.7. The number of nitrogens with zero attached hydrogens (tertiary/aromatic N) is 1. The minimum atomic E-state index is -0.0286. The zero-order valence-electron chi connectivity index (χ0n) is 15.1. The standard InChI is InChI=1S/C20H31NO2S/c1-3-21(4-2)15-14-20(22)23-18-12-8-9-13-19(18)24-16-17-10-6-5-7-11-17/h5-7,10-11,18-19H,3-4,8-9,12-16H2,1-2H3. The Hall–Kier alpha value is -1.00. The lowest BCUT2D eigenvalue weighted by molar-refractivity contribution is -0.150. The summed E-state index contributed by atoms with van der Waals surface area (Å²) >= 11 is 1.95. The predicted molar refractivity (Wildman–Crippen MR) is 102 cm³/mol. The highest BCUT2D eigenvalue weighted by Crippen LogP contribution is 2.33. The summed E-state index contributed by atoms with van der Waals surface area (Å²) < 4.78 is 5.85. The number of esters is 1. The SMILES string of the molecule is CCN(CC)CCC(=O)OC1CCCCC1SCc1ccccc1. The van der Waals surface area contributed by atoms with Gasteiger partial charge >= 0.3 is 5.97 Å². The third-order valence-electron chi connectivity index (χ3n) is 4.76. The van der Waals surface area contributed by atoms with Gasteiger partial charge in [-0.15, -0.1) is 11.8 Å². The number of thioether (sulfide) groups is 1. The zero-order chi connectivity index (χ0) is 17.2. The molecular weight excluding hydrogens is 318 g/mol. The molecule has 134 valence electrons. The Morgan fingerprint density at radius 2 is 1.88 bits per heavy atom. The van der Waals surface area contributed by atoms with Crippen molar-refractivity contribution < 1.29 is 9.53 Å². The zero-order valence-corrected chi connectivity index (χ0v) is 15.9. The first-order valence-corrected chi connectivity index (χ1v) is 10.3. The maximum Gasteiger partial charge on any atom is 0.307 e. The van der Waals surface area contributed by atoms with Crippen LogP contribution >= 0.6 is 11.8 Å². The Morgan fingerprint density at radius 1 is 1.17 bits per heavy atom. The van der Waals surface area contributed by atoms with Crippen molar-refractivity contribution in [1.82, 2.24) is 4.90 Å². The van der Waals surface area contributed by atoms with E-state index in [-0.39, 0.29) is 12.1 Å². The lowest BCUT2D eigenvalue weighted by atomic mass is 9.97. The van der Waals surface area contributed by atoms with Crippen molar-refractivity contribution in [3.8, 4) is 0 Å². The van der Waals surface area contributed by atoms with E-state index in [0.717, 1.165) is 38.2 Å². The van der Waals surface area contributed by atoms with Crippen LogP contribution in [-0.2, 0) is 15.3 Å². The second-order valence-corrected chi connectivity index (χ2v) is 7.65. The summed E-state index contributed by atoms with van der Waals surface area (Å²) in [4.78, 5) is 14.5. The Morgan fingerprint density at radius 3 is 2.58 bits per heavy atom. The summed E-state index contributed by atoms with van der Waals surface area (Å²) in [5, 5.41) is 0.441. The fraction of sp³-hybridized carbons (Fsp3) is 0.650. The van der Waals surface area contributed by atoms with E-state index in [4.69, 9.17) is 4.74 Å². The smallest absolute Gasteiger partial charge is 0.307 e. The van der Waals surface area contributed by atoms with Gasteiger partial charge in [-0.3, -0.25) is 4.79 Å². The Bertz CT molecular complexity index is 476. The van der Waals surface area contributed by atoms with Crippen molar-refractivity contribution in [3.05, 3.63) is 35.9 Å². The van der Waals surface area contributed by atoms with Crippen LogP contribution in [0, 0.1) is 0 Å². The van der Waals surface area contributed by atoms with Gasteiger partial charge in [0.1, 0.15) is 6.10 Å². The molecule has 1 saturated carbocycles. The summed E-state index contributed by atoms with van der Waals surface area (Å²) in [6.45, 7) is 7.05. The highest BCUT2D eigenvalue weighted by Gasteiger charge is 2.28. The van der Waals surface area contributed by atoms with Crippen LogP contribution in [0.1, 0.15) is 51.5 Å². The third kappa shape index (κ3) is 6.48. The molecular formula is C20H31NO2S. The van der Waals surface area contributed by atoms with E-state index in [2.05, 4.69) is 49.1 Å². The van der Waals surface area contributed by atoms with Crippen LogP contribution in [0.4, 0.5) is 0 Å². The minimum absolute atomic E-state index is 0.0286. The molecule has 2 atom stereocenters. The largest absolute Gasteiger partial charge is 0.461 e.